The maximum Gasteiger partial charge on any atom is 0.407 e. The van der Waals surface area contributed by atoms with Crippen LogP contribution in [0.4, 0.5) is 10.5 Å². The van der Waals surface area contributed by atoms with Crippen molar-refractivity contribution in [3.8, 4) is 0 Å². The minimum atomic E-state index is -0.555. The number of amidine groups is 1. The number of fused-ring (bicyclic) bond motifs is 1. The molecular formula is C33H40N6O4. The van der Waals surface area contributed by atoms with Crippen molar-refractivity contribution in [3.63, 3.8) is 0 Å². The Hall–Kier alpha value is -4.99. The third kappa shape index (κ3) is 10.1. The number of nitrogens with two attached hydrogens (primary N) is 1. The Kier molecular flexibility index (Phi) is 12.4. The number of aliphatic imine (C=N–C) groups is 2. The summed E-state index contributed by atoms with van der Waals surface area (Å²) >= 11 is 0. The molecule has 0 radical (unpaired) electrons. The van der Waals surface area contributed by atoms with E-state index in [-0.39, 0.29) is 25.5 Å². The van der Waals surface area contributed by atoms with Gasteiger partial charge >= 0.3 is 6.09 Å². The molecule has 1 heterocycles. The lowest BCUT2D eigenvalue weighted by Crippen LogP contribution is -2.34. The molecule has 0 saturated heterocycles. The zero-order chi connectivity index (χ0) is 31.2. The van der Waals surface area contributed by atoms with E-state index < -0.39 is 12.0 Å². The highest BCUT2D eigenvalue weighted by atomic mass is 16.5. The molecular weight excluding hydrogens is 544 g/mol. The summed E-state index contributed by atoms with van der Waals surface area (Å²) in [5.74, 6) is -0.148. The third-order valence-electron chi connectivity index (χ3n) is 6.42. The van der Waals surface area contributed by atoms with Crippen LogP contribution in [0.15, 0.2) is 87.6 Å². The lowest BCUT2D eigenvalue weighted by atomic mass is 10.0. The maximum atomic E-state index is 13.2. The highest BCUT2D eigenvalue weighted by Gasteiger charge is 2.21. The van der Waals surface area contributed by atoms with Gasteiger partial charge in [-0.15, -0.1) is 0 Å². The van der Waals surface area contributed by atoms with Crippen LogP contribution in [0.3, 0.4) is 0 Å². The van der Waals surface area contributed by atoms with E-state index in [0.29, 0.717) is 47.0 Å². The molecule has 0 saturated carbocycles. The molecule has 10 nitrogen and oxygen atoms in total. The number of benzene rings is 2. The molecule has 1 aliphatic rings. The Morgan fingerprint density at radius 3 is 2.51 bits per heavy atom. The Labute approximate surface area is 253 Å². The Bertz CT molecular complexity index is 1440. The SMILES string of the molecule is C=N/C=C(\C=C(/C)CNC(=O)OCc1ccccc1)NC(=O)c1ccc2c(c1)N=C(N)CC(C(=O)N(CCC)CCC)=C2. The first-order chi connectivity index (χ1) is 20.7. The van der Waals surface area contributed by atoms with Crippen molar-refractivity contribution in [1.29, 1.82) is 0 Å². The minimum Gasteiger partial charge on any atom is -0.445 e. The summed E-state index contributed by atoms with van der Waals surface area (Å²) in [4.78, 5) is 48.6. The van der Waals surface area contributed by atoms with Crippen molar-refractivity contribution in [3.05, 3.63) is 94.3 Å². The molecule has 0 aliphatic carbocycles. The van der Waals surface area contributed by atoms with Crippen LogP contribution in [0, 0.1) is 0 Å². The van der Waals surface area contributed by atoms with E-state index >= 15 is 0 Å². The molecule has 10 heteroatoms. The Morgan fingerprint density at radius 2 is 1.84 bits per heavy atom. The Morgan fingerprint density at radius 1 is 1.12 bits per heavy atom. The number of amides is 3. The number of rotatable bonds is 13. The van der Waals surface area contributed by atoms with Crippen LogP contribution in [0.25, 0.3) is 6.08 Å². The van der Waals surface area contributed by atoms with E-state index in [9.17, 15) is 14.4 Å². The number of alkyl carbamates (subject to hydrolysis) is 1. The summed E-state index contributed by atoms with van der Waals surface area (Å²) in [5, 5.41) is 5.50. The fraction of sp³-hybridized carbons (Fsp3) is 0.303. The number of hydrogen-bond donors (Lipinski definition) is 3. The van der Waals surface area contributed by atoms with Gasteiger partial charge in [-0.25, -0.2) is 9.79 Å². The van der Waals surface area contributed by atoms with Gasteiger partial charge in [0.2, 0.25) is 5.91 Å². The van der Waals surface area contributed by atoms with Crippen molar-refractivity contribution < 1.29 is 19.1 Å². The number of carbonyl (C=O) groups excluding carboxylic acids is 3. The van der Waals surface area contributed by atoms with Crippen LogP contribution in [-0.2, 0) is 16.1 Å². The number of hydrogen-bond acceptors (Lipinski definition) is 7. The second-order valence-corrected chi connectivity index (χ2v) is 10.1. The van der Waals surface area contributed by atoms with Gasteiger partial charge in [-0.05, 0) is 56.3 Å². The molecule has 0 atom stereocenters. The summed E-state index contributed by atoms with van der Waals surface area (Å²) in [6, 6.07) is 14.4. The fourth-order valence-corrected chi connectivity index (χ4v) is 4.44. The summed E-state index contributed by atoms with van der Waals surface area (Å²) in [7, 11) is 0. The van der Waals surface area contributed by atoms with Crippen molar-refractivity contribution in [2.45, 2.75) is 46.6 Å². The molecule has 2 aromatic rings. The number of nitrogens with one attached hydrogen (secondary N) is 2. The minimum absolute atomic E-state index is 0.0515. The van der Waals surface area contributed by atoms with Gasteiger partial charge in [0, 0.05) is 49.0 Å². The lowest BCUT2D eigenvalue weighted by Gasteiger charge is -2.22. The fourth-order valence-electron chi connectivity index (χ4n) is 4.44. The van der Waals surface area contributed by atoms with Gasteiger partial charge in [0.25, 0.3) is 5.91 Å². The first-order valence-corrected chi connectivity index (χ1v) is 14.3. The van der Waals surface area contributed by atoms with Crippen LogP contribution in [0.1, 0.15) is 61.5 Å². The molecule has 3 rings (SSSR count). The van der Waals surface area contributed by atoms with E-state index in [0.717, 1.165) is 24.0 Å². The topological polar surface area (TPSA) is 138 Å². The number of carbonyl (C=O) groups is 3. The highest BCUT2D eigenvalue weighted by Crippen LogP contribution is 2.28. The molecule has 0 spiro atoms. The first kappa shape index (κ1) is 32.5. The smallest absolute Gasteiger partial charge is 0.407 e. The van der Waals surface area contributed by atoms with E-state index in [1.54, 1.807) is 37.3 Å². The van der Waals surface area contributed by atoms with Crippen LogP contribution in [-0.4, -0.2) is 55.0 Å². The normalized spacial score (nSPS) is 13.1. The van der Waals surface area contributed by atoms with E-state index in [1.807, 2.05) is 49.1 Å². The zero-order valence-corrected chi connectivity index (χ0v) is 25.1. The van der Waals surface area contributed by atoms with E-state index in [2.05, 4.69) is 27.3 Å². The molecule has 4 N–H and O–H groups in total. The van der Waals surface area contributed by atoms with Crippen LogP contribution in [0.2, 0.25) is 0 Å². The van der Waals surface area contributed by atoms with Crippen molar-refractivity contribution in [2.24, 2.45) is 15.7 Å². The average molecular weight is 585 g/mol. The number of nitrogens with zero attached hydrogens (tertiary/aromatic N) is 3. The summed E-state index contributed by atoms with van der Waals surface area (Å²) < 4.78 is 5.23. The predicted octanol–water partition coefficient (Wildman–Crippen LogP) is 5.26. The van der Waals surface area contributed by atoms with Gasteiger partial charge < -0.3 is 26.0 Å². The maximum absolute atomic E-state index is 13.2. The third-order valence-corrected chi connectivity index (χ3v) is 6.42. The predicted molar refractivity (Wildman–Crippen MR) is 171 cm³/mol. The molecule has 3 amide bonds. The molecule has 0 unspecified atom stereocenters. The zero-order valence-electron chi connectivity index (χ0n) is 25.1. The van der Waals surface area contributed by atoms with Gasteiger partial charge in [0.05, 0.1) is 11.4 Å². The van der Waals surface area contributed by atoms with E-state index in [4.69, 9.17) is 10.5 Å². The second kappa shape index (κ2) is 16.5. The van der Waals surface area contributed by atoms with Crippen LogP contribution >= 0.6 is 0 Å². The van der Waals surface area contributed by atoms with Crippen LogP contribution in [0.5, 0.6) is 0 Å². The standard InChI is InChI=1S/C33H40N6O4/c1-5-14-39(15-6-2)32(41)27-17-25-12-13-26(18-29(25)38-30(34)19-27)31(40)37-28(21-35-4)16-23(3)20-36-33(42)43-22-24-10-8-7-9-11-24/h7-13,16-18,21H,4-6,14-15,19-20,22H2,1-3H3,(H2,34,38)(H,36,42)(H,37,40)/b23-16+,28-21+. The Balaban J connectivity index is 1.68. The number of allylic oxidation sites excluding steroid dienone is 1. The molecule has 1 aliphatic heterocycles. The molecule has 226 valence electrons. The van der Waals surface area contributed by atoms with Crippen LogP contribution < -0.4 is 16.4 Å². The monoisotopic (exact) mass is 584 g/mol. The summed E-state index contributed by atoms with van der Waals surface area (Å²) in [6.07, 6.45) is 6.30. The molecule has 0 fully saturated rings. The first-order valence-electron chi connectivity index (χ1n) is 14.3. The van der Waals surface area contributed by atoms with Crippen molar-refractivity contribution in [2.75, 3.05) is 19.6 Å². The van der Waals surface area contributed by atoms with E-state index in [1.165, 1.54) is 6.20 Å². The molecule has 0 bridgehead atoms. The molecule has 2 aromatic carbocycles. The van der Waals surface area contributed by atoms with Gasteiger partial charge in [-0.2, -0.15) is 0 Å². The highest BCUT2D eigenvalue weighted by molar-refractivity contribution is 6.06. The molecule has 43 heavy (non-hydrogen) atoms. The quantitative estimate of drug-likeness (QED) is 0.218. The average Bonchev–Trinajstić information content (AvgIpc) is 3.16. The lowest BCUT2D eigenvalue weighted by molar-refractivity contribution is -0.127. The largest absolute Gasteiger partial charge is 0.445 e. The molecule has 0 aromatic heterocycles. The van der Waals surface area contributed by atoms with Gasteiger partial charge in [-0.3, -0.25) is 14.6 Å². The summed E-state index contributed by atoms with van der Waals surface area (Å²) in [6.45, 7) is 11.1. The van der Waals surface area contributed by atoms with Gasteiger partial charge in [0.1, 0.15) is 12.4 Å². The number of ether oxygens (including phenoxy) is 1. The van der Waals surface area contributed by atoms with Gasteiger partial charge in [-0.1, -0.05) is 55.8 Å². The van der Waals surface area contributed by atoms with Crippen molar-refractivity contribution in [1.82, 2.24) is 15.5 Å². The summed E-state index contributed by atoms with van der Waals surface area (Å²) in [5.41, 5.74) is 10.3. The second-order valence-electron chi connectivity index (χ2n) is 10.1. The van der Waals surface area contributed by atoms with Crippen molar-refractivity contribution >= 4 is 42.2 Å². The van der Waals surface area contributed by atoms with Gasteiger partial charge in [0.15, 0.2) is 0 Å².